The summed E-state index contributed by atoms with van der Waals surface area (Å²) in [5, 5.41) is 0. The lowest BCUT2D eigenvalue weighted by Gasteiger charge is -1.89. The van der Waals surface area contributed by atoms with Gasteiger partial charge in [-0.25, -0.2) is 0 Å². The quantitative estimate of drug-likeness (QED) is 0.438. The number of halogens is 3. The number of hydrogen-bond donors (Lipinski definition) is 0. The average Bonchev–Trinajstić information content (AvgIpc) is 1.61. The lowest BCUT2D eigenvalue weighted by molar-refractivity contribution is 1.09. The predicted octanol–water partition coefficient (Wildman–Crippen LogP) is 2.58. The minimum absolute atomic E-state index is 0.237. The molecule has 0 radical (unpaired) electrons. The van der Waals surface area contributed by atoms with E-state index in [1.807, 2.05) is 0 Å². The Morgan fingerprint density at radius 2 is 1.86 bits per heavy atom. The van der Waals surface area contributed by atoms with Crippen LogP contribution in [-0.4, -0.2) is 11.4 Å². The Balaban J connectivity index is 2.68. The van der Waals surface area contributed by atoms with Gasteiger partial charge in [-0.2, -0.15) is 22.9 Å². The van der Waals surface area contributed by atoms with E-state index >= 15 is 0 Å². The summed E-state index contributed by atoms with van der Waals surface area (Å²) in [6.45, 7) is 0. The first-order chi connectivity index (χ1) is 3.27. The van der Waals surface area contributed by atoms with E-state index in [1.54, 1.807) is 0 Å². The third kappa shape index (κ3) is 6.93. The molecule has 0 aliphatic carbocycles. The van der Waals surface area contributed by atoms with Gasteiger partial charge >= 0.3 is 5.54 Å². The van der Waals surface area contributed by atoms with Gasteiger partial charge in [-0.05, 0) is 12.7 Å². The third-order valence-electron chi connectivity index (χ3n) is 0.556. The molecule has 0 unspecified atom stereocenters. The monoisotopic (exact) mass is 158 g/mol. The van der Waals surface area contributed by atoms with Crippen molar-refractivity contribution in [1.82, 2.24) is 0 Å². The van der Waals surface area contributed by atoms with Crippen LogP contribution in [-0.2, 0) is 0 Å². The summed E-state index contributed by atoms with van der Waals surface area (Å²) in [7, 11) is 0. The molecule has 0 aromatic carbocycles. The SMILES string of the molecule is ClCCCB(Cl)Cl. The molecule has 0 rings (SSSR count). The topological polar surface area (TPSA) is 0 Å². The Morgan fingerprint density at radius 1 is 1.29 bits per heavy atom. The molecule has 0 nitrogen and oxygen atoms in total. The first-order valence-corrected chi connectivity index (χ1v) is 3.52. The molecule has 0 spiro atoms. The van der Waals surface area contributed by atoms with Crippen molar-refractivity contribution < 1.29 is 0 Å². The van der Waals surface area contributed by atoms with Crippen LogP contribution in [0.2, 0.25) is 6.32 Å². The zero-order valence-corrected chi connectivity index (χ0v) is 6.10. The summed E-state index contributed by atoms with van der Waals surface area (Å²) < 4.78 is 0. The molecule has 0 aliphatic rings. The summed E-state index contributed by atoms with van der Waals surface area (Å²) in [4.78, 5) is 0. The van der Waals surface area contributed by atoms with Gasteiger partial charge in [0.15, 0.2) is 0 Å². The largest absolute Gasteiger partial charge is 0.351 e. The highest BCUT2D eigenvalue weighted by molar-refractivity contribution is 7.33. The Morgan fingerprint density at radius 3 is 2.00 bits per heavy atom. The van der Waals surface area contributed by atoms with Gasteiger partial charge in [-0.15, -0.1) is 11.6 Å². The lowest BCUT2D eigenvalue weighted by Crippen LogP contribution is -1.90. The van der Waals surface area contributed by atoms with Crippen molar-refractivity contribution in [2.24, 2.45) is 0 Å². The fraction of sp³-hybridized carbons (Fsp3) is 1.00. The Hall–Kier alpha value is 0.935. The molecule has 0 amide bonds. The summed E-state index contributed by atoms with van der Waals surface area (Å²) >= 11 is 16.1. The zero-order valence-electron chi connectivity index (χ0n) is 3.83. The summed E-state index contributed by atoms with van der Waals surface area (Å²) in [5.74, 6) is 0.649. The second-order valence-corrected chi connectivity index (χ2v) is 2.88. The molecule has 0 fully saturated rings. The van der Waals surface area contributed by atoms with Gasteiger partial charge < -0.3 is 0 Å². The normalized spacial score (nSPS) is 9.00. The van der Waals surface area contributed by atoms with E-state index in [9.17, 15) is 0 Å². The van der Waals surface area contributed by atoms with Crippen LogP contribution in [0.4, 0.5) is 0 Å². The zero-order chi connectivity index (χ0) is 5.70. The van der Waals surface area contributed by atoms with Crippen LogP contribution in [0.25, 0.3) is 0 Å². The Kier molecular flexibility index (Phi) is 5.76. The van der Waals surface area contributed by atoms with Crippen LogP contribution in [0, 0.1) is 0 Å². The van der Waals surface area contributed by atoms with Crippen LogP contribution in [0.1, 0.15) is 6.42 Å². The van der Waals surface area contributed by atoms with E-state index in [1.165, 1.54) is 0 Å². The molecule has 42 valence electrons. The molecule has 0 atom stereocenters. The molecule has 0 bridgehead atoms. The first kappa shape index (κ1) is 7.93. The average molecular weight is 159 g/mol. The highest BCUT2D eigenvalue weighted by Gasteiger charge is 2.02. The van der Waals surface area contributed by atoms with E-state index in [0.717, 1.165) is 12.7 Å². The maximum atomic E-state index is 5.36. The van der Waals surface area contributed by atoms with Crippen molar-refractivity contribution in [3.63, 3.8) is 0 Å². The van der Waals surface area contributed by atoms with Crippen LogP contribution in [0.5, 0.6) is 0 Å². The Labute approximate surface area is 59.0 Å². The summed E-state index contributed by atoms with van der Waals surface area (Å²) in [6, 6.07) is 0. The standard InChI is InChI=1S/C3H6BCl3/c5-3-1-2-4(6)7/h1-3H2. The van der Waals surface area contributed by atoms with E-state index in [0.29, 0.717) is 5.88 Å². The third-order valence-corrected chi connectivity index (χ3v) is 1.26. The summed E-state index contributed by atoms with van der Waals surface area (Å²) in [6.07, 6.45) is 1.70. The molecule has 7 heavy (non-hydrogen) atoms. The van der Waals surface area contributed by atoms with Gasteiger partial charge in [0.05, 0.1) is 0 Å². The molecule has 0 N–H and O–H groups in total. The van der Waals surface area contributed by atoms with Crippen molar-refractivity contribution in [2.45, 2.75) is 12.7 Å². The predicted molar refractivity (Wildman–Crippen MR) is 37.6 cm³/mol. The molecule has 4 heteroatoms. The van der Waals surface area contributed by atoms with Crippen LogP contribution < -0.4 is 0 Å². The maximum Gasteiger partial charge on any atom is 0.351 e. The first-order valence-electron chi connectivity index (χ1n) is 2.11. The van der Waals surface area contributed by atoms with Crippen molar-refractivity contribution in [3.05, 3.63) is 0 Å². The summed E-state index contributed by atoms with van der Waals surface area (Å²) in [5.41, 5.74) is -0.237. The van der Waals surface area contributed by atoms with Crippen LogP contribution >= 0.6 is 34.5 Å². The van der Waals surface area contributed by atoms with E-state index < -0.39 is 0 Å². The number of alkyl halides is 1. The molecule has 0 aliphatic heterocycles. The molecule has 0 saturated heterocycles. The molecular weight excluding hydrogens is 153 g/mol. The van der Waals surface area contributed by atoms with E-state index in [-0.39, 0.29) is 5.54 Å². The van der Waals surface area contributed by atoms with Crippen molar-refractivity contribution >= 4 is 40.1 Å². The van der Waals surface area contributed by atoms with Crippen molar-refractivity contribution in [1.29, 1.82) is 0 Å². The second-order valence-electron chi connectivity index (χ2n) is 1.22. The fourth-order valence-corrected chi connectivity index (χ4v) is 0.694. The van der Waals surface area contributed by atoms with Crippen LogP contribution in [0.15, 0.2) is 0 Å². The molecule has 0 heterocycles. The van der Waals surface area contributed by atoms with E-state index in [4.69, 9.17) is 34.5 Å². The highest BCUT2D eigenvalue weighted by Crippen LogP contribution is 2.06. The van der Waals surface area contributed by atoms with Crippen molar-refractivity contribution in [2.75, 3.05) is 5.88 Å². The van der Waals surface area contributed by atoms with E-state index in [2.05, 4.69) is 0 Å². The minimum Gasteiger partial charge on any atom is -0.172 e. The Bertz CT molecular complexity index is 39.2. The highest BCUT2D eigenvalue weighted by atomic mass is 35.5. The van der Waals surface area contributed by atoms with Gasteiger partial charge in [0.25, 0.3) is 0 Å². The van der Waals surface area contributed by atoms with Gasteiger partial charge in [0, 0.05) is 5.88 Å². The number of hydrogen-bond acceptors (Lipinski definition) is 0. The molecule has 0 aromatic rings. The lowest BCUT2D eigenvalue weighted by atomic mass is 10.00. The molecule has 0 saturated carbocycles. The van der Waals surface area contributed by atoms with Crippen molar-refractivity contribution in [3.8, 4) is 0 Å². The second kappa shape index (κ2) is 5.08. The molecule has 0 aromatic heterocycles. The van der Waals surface area contributed by atoms with Gasteiger partial charge in [0.2, 0.25) is 0 Å². The number of rotatable bonds is 3. The minimum atomic E-state index is -0.237. The smallest absolute Gasteiger partial charge is 0.172 e. The van der Waals surface area contributed by atoms with Gasteiger partial charge in [0.1, 0.15) is 0 Å². The van der Waals surface area contributed by atoms with Crippen LogP contribution in [0.3, 0.4) is 0 Å². The van der Waals surface area contributed by atoms with Gasteiger partial charge in [-0.1, -0.05) is 0 Å². The fourth-order valence-electron chi connectivity index (χ4n) is 0.231. The maximum absolute atomic E-state index is 5.36. The van der Waals surface area contributed by atoms with Gasteiger partial charge in [-0.3, -0.25) is 0 Å². The molecular formula is C3H6BCl3.